The summed E-state index contributed by atoms with van der Waals surface area (Å²) in [6.07, 6.45) is 0.0471. The molecular weight excluding hydrogens is 242 g/mol. The predicted octanol–water partition coefficient (Wildman–Crippen LogP) is 0.896. The smallest absolute Gasteiger partial charge is 0.334 e. The number of ether oxygens (including phenoxy) is 1. The number of hydrogen-bond donors (Lipinski definition) is 2. The number of aliphatic carboxylic acids is 1. The van der Waals surface area contributed by atoms with Crippen molar-refractivity contribution < 1.29 is 19.4 Å². The van der Waals surface area contributed by atoms with E-state index in [1.807, 2.05) is 17.5 Å². The molecule has 6 heteroatoms. The molecule has 0 fully saturated rings. The van der Waals surface area contributed by atoms with Crippen LogP contribution in [0.4, 0.5) is 0 Å². The van der Waals surface area contributed by atoms with E-state index in [1.54, 1.807) is 11.3 Å². The highest BCUT2D eigenvalue weighted by Crippen LogP contribution is 2.10. The van der Waals surface area contributed by atoms with Crippen LogP contribution in [0.3, 0.4) is 0 Å². The zero-order valence-corrected chi connectivity index (χ0v) is 10.3. The van der Waals surface area contributed by atoms with Gasteiger partial charge in [-0.15, -0.1) is 11.3 Å². The summed E-state index contributed by atoms with van der Waals surface area (Å²) in [6, 6.07) is 3.90. The first-order valence-electron chi connectivity index (χ1n) is 5.18. The Morgan fingerprint density at radius 2 is 2.35 bits per heavy atom. The molecule has 1 unspecified atom stereocenters. The molecule has 0 radical (unpaired) electrons. The number of carboxylic acid groups (broad SMARTS) is 1. The molecule has 0 bridgehead atoms. The number of methoxy groups -OCH3 is 1. The molecule has 1 atom stereocenters. The van der Waals surface area contributed by atoms with Crippen LogP contribution in [0.1, 0.15) is 11.3 Å². The zero-order valence-electron chi connectivity index (χ0n) is 9.51. The van der Waals surface area contributed by atoms with Crippen molar-refractivity contribution in [2.45, 2.75) is 18.9 Å². The Bertz CT molecular complexity index is 364. The Hall–Kier alpha value is -1.40. The van der Waals surface area contributed by atoms with Crippen molar-refractivity contribution >= 4 is 23.2 Å². The van der Waals surface area contributed by atoms with Gasteiger partial charge in [0.25, 0.3) is 0 Å². The fourth-order valence-electron chi connectivity index (χ4n) is 1.26. The van der Waals surface area contributed by atoms with Crippen LogP contribution in [0, 0.1) is 0 Å². The van der Waals surface area contributed by atoms with Crippen LogP contribution in [-0.2, 0) is 20.7 Å². The van der Waals surface area contributed by atoms with E-state index < -0.39 is 12.1 Å². The van der Waals surface area contributed by atoms with Gasteiger partial charge < -0.3 is 15.2 Å². The number of rotatable bonds is 7. The number of aryl methyl sites for hydroxylation is 1. The van der Waals surface area contributed by atoms with E-state index in [4.69, 9.17) is 9.84 Å². The molecule has 94 valence electrons. The molecule has 0 aromatic carbocycles. The topological polar surface area (TPSA) is 75.6 Å². The standard InChI is InChI=1S/C11H15NO4S/c1-16-9(11(14)15)7-12-10(13)5-4-8-3-2-6-17-8/h2-3,6,9H,4-5,7H2,1H3,(H,12,13)(H,14,15). The molecule has 1 amide bonds. The summed E-state index contributed by atoms with van der Waals surface area (Å²) >= 11 is 1.60. The van der Waals surface area contributed by atoms with Gasteiger partial charge in [0.15, 0.2) is 6.10 Å². The molecule has 0 aliphatic heterocycles. The number of carboxylic acids is 1. The van der Waals surface area contributed by atoms with Gasteiger partial charge in [-0.05, 0) is 17.9 Å². The summed E-state index contributed by atoms with van der Waals surface area (Å²) in [6.45, 7) is -0.00485. The second-order valence-corrected chi connectivity index (χ2v) is 4.48. The fraction of sp³-hybridized carbons (Fsp3) is 0.455. The van der Waals surface area contributed by atoms with Crippen LogP contribution < -0.4 is 5.32 Å². The van der Waals surface area contributed by atoms with E-state index in [9.17, 15) is 9.59 Å². The third-order valence-electron chi connectivity index (χ3n) is 2.22. The number of carbonyl (C=O) groups is 2. The Morgan fingerprint density at radius 1 is 1.59 bits per heavy atom. The number of hydrogen-bond acceptors (Lipinski definition) is 4. The van der Waals surface area contributed by atoms with E-state index in [1.165, 1.54) is 7.11 Å². The van der Waals surface area contributed by atoms with Crippen LogP contribution in [0.2, 0.25) is 0 Å². The number of carbonyl (C=O) groups excluding carboxylic acids is 1. The molecule has 1 aromatic heterocycles. The summed E-state index contributed by atoms with van der Waals surface area (Å²) in [7, 11) is 1.30. The quantitative estimate of drug-likeness (QED) is 0.761. The molecule has 1 rings (SSSR count). The Labute approximate surface area is 103 Å². The van der Waals surface area contributed by atoms with Crippen molar-refractivity contribution in [3.05, 3.63) is 22.4 Å². The van der Waals surface area contributed by atoms with Gasteiger partial charge in [0, 0.05) is 18.4 Å². The van der Waals surface area contributed by atoms with Crippen molar-refractivity contribution in [2.24, 2.45) is 0 Å². The molecule has 5 nitrogen and oxygen atoms in total. The third kappa shape index (κ3) is 4.97. The maximum atomic E-state index is 11.4. The van der Waals surface area contributed by atoms with E-state index >= 15 is 0 Å². The second kappa shape index (κ2) is 7.03. The Kier molecular flexibility index (Phi) is 5.65. The lowest BCUT2D eigenvalue weighted by molar-refractivity contribution is -0.148. The van der Waals surface area contributed by atoms with Gasteiger partial charge >= 0.3 is 5.97 Å². The first-order chi connectivity index (χ1) is 8.13. The molecule has 2 N–H and O–H groups in total. The number of amides is 1. The van der Waals surface area contributed by atoms with Crippen molar-refractivity contribution in [3.63, 3.8) is 0 Å². The average Bonchev–Trinajstić information content (AvgIpc) is 2.79. The van der Waals surface area contributed by atoms with Gasteiger partial charge in [-0.1, -0.05) is 6.07 Å². The highest BCUT2D eigenvalue weighted by Gasteiger charge is 2.16. The first-order valence-corrected chi connectivity index (χ1v) is 6.06. The lowest BCUT2D eigenvalue weighted by Crippen LogP contribution is -2.37. The zero-order chi connectivity index (χ0) is 12.7. The second-order valence-electron chi connectivity index (χ2n) is 3.45. The van der Waals surface area contributed by atoms with Crippen molar-refractivity contribution in [1.82, 2.24) is 5.32 Å². The van der Waals surface area contributed by atoms with Crippen LogP contribution in [0.15, 0.2) is 17.5 Å². The molecule has 1 heterocycles. The van der Waals surface area contributed by atoms with Crippen molar-refractivity contribution in [3.8, 4) is 0 Å². The molecule has 0 aliphatic rings. The summed E-state index contributed by atoms with van der Waals surface area (Å²) in [5, 5.41) is 13.2. The van der Waals surface area contributed by atoms with E-state index in [0.29, 0.717) is 12.8 Å². The van der Waals surface area contributed by atoms with Crippen molar-refractivity contribution in [2.75, 3.05) is 13.7 Å². The van der Waals surface area contributed by atoms with Crippen LogP contribution >= 0.6 is 11.3 Å². The minimum Gasteiger partial charge on any atom is -0.479 e. The van der Waals surface area contributed by atoms with Gasteiger partial charge in [0.05, 0.1) is 6.54 Å². The predicted molar refractivity (Wildman–Crippen MR) is 64.1 cm³/mol. The fourth-order valence-corrected chi connectivity index (χ4v) is 1.97. The first kappa shape index (κ1) is 13.7. The summed E-state index contributed by atoms with van der Waals surface area (Å²) in [5.41, 5.74) is 0. The van der Waals surface area contributed by atoms with Crippen LogP contribution in [0.5, 0.6) is 0 Å². The molecule has 0 saturated carbocycles. The molecule has 0 saturated heterocycles. The SMILES string of the molecule is COC(CNC(=O)CCc1cccs1)C(=O)O. The van der Waals surface area contributed by atoms with Crippen LogP contribution in [0.25, 0.3) is 0 Å². The molecular formula is C11H15NO4S. The van der Waals surface area contributed by atoms with Gasteiger partial charge in [-0.25, -0.2) is 4.79 Å². The Morgan fingerprint density at radius 3 is 2.88 bits per heavy atom. The normalized spacial score (nSPS) is 12.1. The summed E-state index contributed by atoms with van der Waals surface area (Å²) in [5.74, 6) is -1.24. The van der Waals surface area contributed by atoms with E-state index in [-0.39, 0.29) is 12.5 Å². The van der Waals surface area contributed by atoms with Gasteiger partial charge in [0.2, 0.25) is 5.91 Å². The number of thiophene rings is 1. The highest BCUT2D eigenvalue weighted by atomic mass is 32.1. The van der Waals surface area contributed by atoms with E-state index in [0.717, 1.165) is 4.88 Å². The van der Waals surface area contributed by atoms with Crippen LogP contribution in [-0.4, -0.2) is 36.7 Å². The van der Waals surface area contributed by atoms with Gasteiger partial charge in [-0.2, -0.15) is 0 Å². The number of nitrogens with one attached hydrogen (secondary N) is 1. The summed E-state index contributed by atoms with van der Waals surface area (Å²) < 4.78 is 4.70. The minimum absolute atomic E-state index is 0.00485. The minimum atomic E-state index is -1.08. The van der Waals surface area contributed by atoms with E-state index in [2.05, 4.69) is 5.32 Å². The third-order valence-corrected chi connectivity index (χ3v) is 3.16. The average molecular weight is 257 g/mol. The lowest BCUT2D eigenvalue weighted by Gasteiger charge is -2.11. The molecule has 0 spiro atoms. The monoisotopic (exact) mass is 257 g/mol. The Balaban J connectivity index is 2.23. The highest BCUT2D eigenvalue weighted by molar-refractivity contribution is 7.09. The largest absolute Gasteiger partial charge is 0.479 e. The molecule has 0 aliphatic carbocycles. The van der Waals surface area contributed by atoms with Gasteiger partial charge in [-0.3, -0.25) is 4.79 Å². The molecule has 1 aromatic rings. The lowest BCUT2D eigenvalue weighted by atomic mass is 10.2. The van der Waals surface area contributed by atoms with Gasteiger partial charge in [0.1, 0.15) is 0 Å². The molecule has 17 heavy (non-hydrogen) atoms. The maximum absolute atomic E-state index is 11.4. The van der Waals surface area contributed by atoms with Crippen molar-refractivity contribution in [1.29, 1.82) is 0 Å². The maximum Gasteiger partial charge on any atom is 0.334 e. The summed E-state index contributed by atoms with van der Waals surface area (Å²) in [4.78, 5) is 23.2.